The van der Waals surface area contributed by atoms with Gasteiger partial charge in [0, 0.05) is 31.9 Å². The first-order valence-corrected chi connectivity index (χ1v) is 9.75. The van der Waals surface area contributed by atoms with Crippen molar-refractivity contribution < 1.29 is 13.2 Å². The van der Waals surface area contributed by atoms with Crippen molar-refractivity contribution >= 4 is 44.0 Å². The molecule has 0 spiro atoms. The van der Waals surface area contributed by atoms with Gasteiger partial charge in [0.05, 0.1) is 20.8 Å². The van der Waals surface area contributed by atoms with Crippen molar-refractivity contribution in [1.29, 1.82) is 0 Å². The molecule has 2 aromatic carbocycles. The molecule has 1 fully saturated rings. The number of aryl methyl sites for hydroxylation is 1. The minimum atomic E-state index is -4.32. The van der Waals surface area contributed by atoms with E-state index in [-0.39, 0.29) is 0 Å². The Morgan fingerprint density at radius 3 is 2.41 bits per heavy atom. The van der Waals surface area contributed by atoms with E-state index in [1.54, 1.807) is 17.4 Å². The quantitative estimate of drug-likeness (QED) is 0.547. The highest BCUT2D eigenvalue weighted by molar-refractivity contribution is 7.22. The number of alkyl halides is 3. The number of piperazine rings is 1. The molecule has 142 valence electrons. The van der Waals surface area contributed by atoms with Gasteiger partial charge in [-0.25, -0.2) is 4.98 Å². The van der Waals surface area contributed by atoms with Crippen molar-refractivity contribution in [3.8, 4) is 0 Å². The minimum Gasteiger partial charge on any atom is -0.368 e. The first-order chi connectivity index (χ1) is 12.8. The first kappa shape index (κ1) is 18.4. The number of benzene rings is 2. The molecule has 1 aliphatic heterocycles. The molecule has 4 rings (SSSR count). The summed E-state index contributed by atoms with van der Waals surface area (Å²) in [5.74, 6) is 0. The van der Waals surface area contributed by atoms with Gasteiger partial charge in [-0.15, -0.1) is 0 Å². The molecule has 1 saturated heterocycles. The molecule has 1 aliphatic rings. The fraction of sp³-hybridized carbons (Fsp3) is 0.316. The molecule has 3 aromatic rings. The summed E-state index contributed by atoms with van der Waals surface area (Å²) in [5.41, 5.74) is 1.99. The van der Waals surface area contributed by atoms with Crippen LogP contribution in [0.15, 0.2) is 36.4 Å². The van der Waals surface area contributed by atoms with Crippen molar-refractivity contribution in [2.45, 2.75) is 13.1 Å². The molecule has 8 heteroatoms. The van der Waals surface area contributed by atoms with Crippen molar-refractivity contribution in [3.05, 3.63) is 52.5 Å². The topological polar surface area (TPSA) is 19.4 Å². The first-order valence-electron chi connectivity index (χ1n) is 8.56. The molecular weight excluding hydrogens is 395 g/mol. The fourth-order valence-electron chi connectivity index (χ4n) is 3.26. The maximum atomic E-state index is 12.9. The molecule has 1 aromatic heterocycles. The molecule has 2 heterocycles. The summed E-state index contributed by atoms with van der Waals surface area (Å²) < 4.78 is 39.8. The van der Waals surface area contributed by atoms with Gasteiger partial charge in [-0.1, -0.05) is 35.1 Å². The Balaban J connectivity index is 1.51. The zero-order chi connectivity index (χ0) is 19.2. The molecule has 3 nitrogen and oxygen atoms in total. The van der Waals surface area contributed by atoms with Gasteiger partial charge in [-0.3, -0.25) is 0 Å². The Morgan fingerprint density at radius 2 is 1.74 bits per heavy atom. The number of nitrogens with zero attached hydrogens (tertiary/aromatic N) is 3. The Morgan fingerprint density at radius 1 is 1.04 bits per heavy atom. The van der Waals surface area contributed by atoms with Crippen LogP contribution in [0.25, 0.3) is 10.2 Å². The largest absolute Gasteiger partial charge is 0.416 e. The van der Waals surface area contributed by atoms with E-state index >= 15 is 0 Å². The average Bonchev–Trinajstić information content (AvgIpc) is 3.11. The third-order valence-corrected chi connectivity index (χ3v) is 6.35. The highest BCUT2D eigenvalue weighted by atomic mass is 35.5. The second kappa shape index (κ2) is 6.87. The third-order valence-electron chi connectivity index (χ3n) is 4.77. The number of rotatable bonds is 2. The van der Waals surface area contributed by atoms with Gasteiger partial charge in [0.15, 0.2) is 5.13 Å². The van der Waals surface area contributed by atoms with Crippen molar-refractivity contribution in [1.82, 2.24) is 4.98 Å². The maximum Gasteiger partial charge on any atom is 0.416 e. The molecule has 27 heavy (non-hydrogen) atoms. The van der Waals surface area contributed by atoms with E-state index in [2.05, 4.69) is 4.90 Å². The average molecular weight is 412 g/mol. The van der Waals surface area contributed by atoms with Gasteiger partial charge >= 0.3 is 6.18 Å². The summed E-state index contributed by atoms with van der Waals surface area (Å²) in [6.07, 6.45) is -4.32. The van der Waals surface area contributed by atoms with Gasteiger partial charge in [0.2, 0.25) is 0 Å². The molecule has 0 atom stereocenters. The van der Waals surface area contributed by atoms with E-state index < -0.39 is 11.7 Å². The van der Waals surface area contributed by atoms with Crippen LogP contribution < -0.4 is 9.80 Å². The third kappa shape index (κ3) is 3.58. The van der Waals surface area contributed by atoms with E-state index in [0.29, 0.717) is 36.9 Å². The zero-order valence-corrected chi connectivity index (χ0v) is 16.1. The number of anilines is 2. The summed E-state index contributed by atoms with van der Waals surface area (Å²) in [4.78, 5) is 8.89. The Bertz CT molecular complexity index is 939. The standard InChI is InChI=1S/C19H17ClF3N3S/c1-12-5-6-15(20)17-16(12)24-18(27-17)26-9-7-25(8-10-26)14-4-2-3-13(11-14)19(21,22)23/h2-6,11H,7-10H2,1H3. The maximum absolute atomic E-state index is 12.9. The normalized spacial score (nSPS) is 15.6. The molecule has 0 radical (unpaired) electrons. The number of fused-ring (bicyclic) bond motifs is 1. The van der Waals surface area contributed by atoms with Gasteiger partial charge in [-0.05, 0) is 36.8 Å². The summed E-state index contributed by atoms with van der Waals surface area (Å²) >= 11 is 7.85. The van der Waals surface area contributed by atoms with Crippen LogP contribution in [0.5, 0.6) is 0 Å². The number of hydrogen-bond donors (Lipinski definition) is 0. The molecule has 0 N–H and O–H groups in total. The molecule has 0 bridgehead atoms. The van der Waals surface area contributed by atoms with E-state index in [1.165, 1.54) is 12.1 Å². The smallest absolute Gasteiger partial charge is 0.368 e. The van der Waals surface area contributed by atoms with Crippen LogP contribution in [0.2, 0.25) is 5.02 Å². The predicted molar refractivity (Wildman–Crippen MR) is 105 cm³/mol. The van der Waals surface area contributed by atoms with Gasteiger partial charge in [0.1, 0.15) is 0 Å². The molecule has 0 aliphatic carbocycles. The summed E-state index contributed by atoms with van der Waals surface area (Å²) in [6.45, 7) is 4.70. The van der Waals surface area contributed by atoms with E-state index in [4.69, 9.17) is 16.6 Å². The molecule has 0 saturated carbocycles. The zero-order valence-electron chi connectivity index (χ0n) is 14.6. The van der Waals surface area contributed by atoms with Crippen LogP contribution in [0.1, 0.15) is 11.1 Å². The number of aromatic nitrogens is 1. The van der Waals surface area contributed by atoms with Crippen molar-refractivity contribution in [2.24, 2.45) is 0 Å². The number of hydrogen-bond acceptors (Lipinski definition) is 4. The van der Waals surface area contributed by atoms with Crippen LogP contribution in [0.3, 0.4) is 0 Å². The van der Waals surface area contributed by atoms with Crippen molar-refractivity contribution in [3.63, 3.8) is 0 Å². The van der Waals surface area contributed by atoms with Crippen LogP contribution >= 0.6 is 22.9 Å². The lowest BCUT2D eigenvalue weighted by molar-refractivity contribution is -0.137. The number of thiazole rings is 1. The van der Waals surface area contributed by atoms with Crippen LogP contribution in [0.4, 0.5) is 24.0 Å². The Kier molecular flexibility index (Phi) is 4.68. The molecule has 0 unspecified atom stereocenters. The lowest BCUT2D eigenvalue weighted by atomic mass is 10.1. The highest BCUT2D eigenvalue weighted by Gasteiger charge is 2.31. The lowest BCUT2D eigenvalue weighted by Crippen LogP contribution is -2.46. The lowest BCUT2D eigenvalue weighted by Gasteiger charge is -2.36. The van der Waals surface area contributed by atoms with Crippen molar-refractivity contribution in [2.75, 3.05) is 36.0 Å². The highest BCUT2D eigenvalue weighted by Crippen LogP contribution is 2.36. The van der Waals surface area contributed by atoms with E-state index in [0.717, 1.165) is 27.0 Å². The van der Waals surface area contributed by atoms with Crippen LogP contribution in [0, 0.1) is 6.92 Å². The summed E-state index contributed by atoms with van der Waals surface area (Å²) in [6, 6.07) is 9.35. The number of halogens is 4. The second-order valence-corrected chi connectivity index (χ2v) is 7.95. The van der Waals surface area contributed by atoms with E-state index in [1.807, 2.05) is 24.0 Å². The van der Waals surface area contributed by atoms with E-state index in [9.17, 15) is 13.2 Å². The monoisotopic (exact) mass is 411 g/mol. The second-order valence-electron chi connectivity index (χ2n) is 6.56. The minimum absolute atomic E-state index is 0.604. The Labute approximate surface area is 164 Å². The van der Waals surface area contributed by atoms with Crippen LogP contribution in [-0.4, -0.2) is 31.2 Å². The van der Waals surface area contributed by atoms with Gasteiger partial charge in [-0.2, -0.15) is 13.2 Å². The predicted octanol–water partition coefficient (Wildman–Crippen LogP) is 5.60. The molecule has 0 amide bonds. The Hall–Kier alpha value is -1.99. The van der Waals surface area contributed by atoms with Gasteiger partial charge in [0.25, 0.3) is 0 Å². The van der Waals surface area contributed by atoms with Crippen LogP contribution in [-0.2, 0) is 6.18 Å². The van der Waals surface area contributed by atoms with Gasteiger partial charge < -0.3 is 9.80 Å². The molecular formula is C19H17ClF3N3S. The summed E-state index contributed by atoms with van der Waals surface area (Å²) in [7, 11) is 0. The SMILES string of the molecule is Cc1ccc(Cl)c2sc(N3CCN(c4cccc(C(F)(F)F)c4)CC3)nc12. The summed E-state index contributed by atoms with van der Waals surface area (Å²) in [5, 5.41) is 1.60. The fourth-order valence-corrected chi connectivity index (χ4v) is 4.63.